The first-order valence-corrected chi connectivity index (χ1v) is 7.03. The van der Waals surface area contributed by atoms with E-state index in [1.165, 1.54) is 0 Å². The van der Waals surface area contributed by atoms with Crippen LogP contribution in [0.4, 0.5) is 8.78 Å². The number of halogens is 3. The SMILES string of the molecule is OC(c1cc(F)cc(F)c1)c1nc2ccccc2cc1Br. The smallest absolute Gasteiger partial charge is 0.126 e. The van der Waals surface area contributed by atoms with Crippen LogP contribution in [0.1, 0.15) is 17.4 Å². The maximum Gasteiger partial charge on any atom is 0.126 e. The van der Waals surface area contributed by atoms with Gasteiger partial charge in [0.05, 0.1) is 11.2 Å². The van der Waals surface area contributed by atoms with Crippen molar-refractivity contribution in [1.29, 1.82) is 0 Å². The number of fused-ring (bicyclic) bond motifs is 1. The summed E-state index contributed by atoms with van der Waals surface area (Å²) in [5.41, 5.74) is 1.14. The van der Waals surface area contributed by atoms with Gasteiger partial charge in [-0.15, -0.1) is 0 Å². The lowest BCUT2D eigenvalue weighted by Gasteiger charge is -2.13. The monoisotopic (exact) mass is 349 g/mol. The number of rotatable bonds is 2. The lowest BCUT2D eigenvalue weighted by molar-refractivity contribution is 0.214. The summed E-state index contributed by atoms with van der Waals surface area (Å²) in [6.07, 6.45) is -1.21. The number of pyridine rings is 1. The Balaban J connectivity index is 2.12. The molecule has 0 bridgehead atoms. The Morgan fingerprint density at radius 3 is 2.38 bits per heavy atom. The summed E-state index contributed by atoms with van der Waals surface area (Å²) < 4.78 is 27.1. The molecule has 1 N–H and O–H groups in total. The number of hydrogen-bond donors (Lipinski definition) is 1. The fourth-order valence-electron chi connectivity index (χ4n) is 2.19. The molecule has 1 atom stereocenters. The van der Waals surface area contributed by atoms with E-state index in [1.807, 2.05) is 30.3 Å². The molecule has 0 aliphatic carbocycles. The predicted molar refractivity (Wildman–Crippen MR) is 79.9 cm³/mol. The van der Waals surface area contributed by atoms with Gasteiger partial charge in [-0.1, -0.05) is 18.2 Å². The first-order chi connectivity index (χ1) is 10.0. The highest BCUT2D eigenvalue weighted by atomic mass is 79.9. The summed E-state index contributed by atoms with van der Waals surface area (Å²) in [6, 6.07) is 12.2. The lowest BCUT2D eigenvalue weighted by Crippen LogP contribution is -2.05. The fraction of sp³-hybridized carbons (Fsp3) is 0.0625. The van der Waals surface area contributed by atoms with E-state index in [1.54, 1.807) is 0 Å². The van der Waals surface area contributed by atoms with E-state index in [2.05, 4.69) is 20.9 Å². The quantitative estimate of drug-likeness (QED) is 0.745. The number of aliphatic hydroxyl groups is 1. The van der Waals surface area contributed by atoms with Gasteiger partial charge in [0.1, 0.15) is 17.7 Å². The largest absolute Gasteiger partial charge is 0.382 e. The van der Waals surface area contributed by atoms with Gasteiger partial charge < -0.3 is 5.11 Å². The molecule has 21 heavy (non-hydrogen) atoms. The van der Waals surface area contributed by atoms with Gasteiger partial charge in [-0.3, -0.25) is 0 Å². The van der Waals surface area contributed by atoms with Crippen LogP contribution >= 0.6 is 15.9 Å². The molecule has 1 aromatic heterocycles. The van der Waals surface area contributed by atoms with E-state index >= 15 is 0 Å². The minimum absolute atomic E-state index is 0.121. The van der Waals surface area contributed by atoms with Crippen molar-refractivity contribution in [2.75, 3.05) is 0 Å². The maximum absolute atomic E-state index is 13.3. The van der Waals surface area contributed by atoms with Crippen molar-refractivity contribution in [2.45, 2.75) is 6.10 Å². The van der Waals surface area contributed by atoms with Crippen LogP contribution in [0.3, 0.4) is 0 Å². The molecule has 0 saturated heterocycles. The molecule has 0 amide bonds. The number of aliphatic hydroxyl groups excluding tert-OH is 1. The van der Waals surface area contributed by atoms with Gasteiger partial charge in [0, 0.05) is 15.9 Å². The van der Waals surface area contributed by atoms with E-state index in [4.69, 9.17) is 0 Å². The van der Waals surface area contributed by atoms with Gasteiger partial charge >= 0.3 is 0 Å². The third kappa shape index (κ3) is 2.80. The van der Waals surface area contributed by atoms with Crippen LogP contribution in [-0.2, 0) is 0 Å². The molecule has 3 rings (SSSR count). The summed E-state index contributed by atoms with van der Waals surface area (Å²) in [6.45, 7) is 0. The Bertz CT molecular complexity index is 802. The minimum atomic E-state index is -1.21. The zero-order valence-electron chi connectivity index (χ0n) is 10.7. The normalized spacial score (nSPS) is 12.6. The summed E-state index contributed by atoms with van der Waals surface area (Å²) in [5.74, 6) is -1.47. The van der Waals surface area contributed by atoms with Gasteiger partial charge in [0.25, 0.3) is 0 Å². The van der Waals surface area contributed by atoms with Crippen molar-refractivity contribution in [3.05, 3.63) is 75.9 Å². The molecule has 0 radical (unpaired) electrons. The summed E-state index contributed by atoms with van der Waals surface area (Å²) in [4.78, 5) is 4.37. The van der Waals surface area contributed by atoms with Crippen molar-refractivity contribution in [2.24, 2.45) is 0 Å². The molecule has 2 nitrogen and oxygen atoms in total. The molecular weight excluding hydrogens is 340 g/mol. The highest BCUT2D eigenvalue weighted by molar-refractivity contribution is 9.10. The third-order valence-electron chi connectivity index (χ3n) is 3.16. The Kier molecular flexibility index (Phi) is 3.69. The van der Waals surface area contributed by atoms with Crippen LogP contribution in [0.2, 0.25) is 0 Å². The fourth-order valence-corrected chi connectivity index (χ4v) is 2.74. The zero-order chi connectivity index (χ0) is 15.0. The first kappa shape index (κ1) is 14.1. The van der Waals surface area contributed by atoms with E-state index in [9.17, 15) is 13.9 Å². The summed E-state index contributed by atoms with van der Waals surface area (Å²) in [7, 11) is 0. The molecule has 0 spiro atoms. The topological polar surface area (TPSA) is 33.1 Å². The zero-order valence-corrected chi connectivity index (χ0v) is 12.3. The van der Waals surface area contributed by atoms with E-state index in [0.29, 0.717) is 15.7 Å². The maximum atomic E-state index is 13.3. The van der Waals surface area contributed by atoms with E-state index in [0.717, 1.165) is 23.6 Å². The van der Waals surface area contributed by atoms with Gasteiger partial charge in [-0.25, -0.2) is 13.8 Å². The number of benzene rings is 2. The van der Waals surface area contributed by atoms with Crippen molar-refractivity contribution in [1.82, 2.24) is 4.98 Å². The van der Waals surface area contributed by atoms with Crippen LogP contribution in [0, 0.1) is 11.6 Å². The van der Waals surface area contributed by atoms with Crippen molar-refractivity contribution >= 4 is 26.8 Å². The van der Waals surface area contributed by atoms with Crippen LogP contribution in [0.25, 0.3) is 10.9 Å². The Morgan fingerprint density at radius 2 is 1.67 bits per heavy atom. The van der Waals surface area contributed by atoms with Gasteiger partial charge in [-0.05, 0) is 45.8 Å². The molecule has 0 fully saturated rings. The van der Waals surface area contributed by atoms with Crippen LogP contribution in [0.15, 0.2) is 53.0 Å². The molecule has 1 unspecified atom stereocenters. The molecule has 106 valence electrons. The molecule has 0 aliphatic rings. The predicted octanol–water partition coefficient (Wildman–Crippen LogP) is 4.36. The molecule has 0 aliphatic heterocycles. The molecule has 5 heteroatoms. The minimum Gasteiger partial charge on any atom is -0.382 e. The lowest BCUT2D eigenvalue weighted by atomic mass is 10.0. The number of para-hydroxylation sites is 1. The number of aromatic nitrogens is 1. The molecule has 1 heterocycles. The van der Waals surface area contributed by atoms with E-state index < -0.39 is 17.7 Å². The van der Waals surface area contributed by atoms with Gasteiger partial charge in [0.2, 0.25) is 0 Å². The molecular formula is C16H10BrF2NO. The van der Waals surface area contributed by atoms with Crippen molar-refractivity contribution < 1.29 is 13.9 Å². The third-order valence-corrected chi connectivity index (χ3v) is 3.80. The van der Waals surface area contributed by atoms with Gasteiger partial charge in [0.15, 0.2) is 0 Å². The van der Waals surface area contributed by atoms with Crippen molar-refractivity contribution in [3.8, 4) is 0 Å². The average molecular weight is 350 g/mol. The summed E-state index contributed by atoms with van der Waals surface area (Å²) in [5, 5.41) is 11.3. The average Bonchev–Trinajstić information content (AvgIpc) is 2.44. The second kappa shape index (κ2) is 5.50. The standard InChI is InChI=1S/C16H10BrF2NO/c17-13-7-9-3-1-2-4-14(9)20-15(13)16(21)10-5-11(18)8-12(19)6-10/h1-8,16,21H. The van der Waals surface area contributed by atoms with Crippen LogP contribution in [0.5, 0.6) is 0 Å². The molecule has 0 saturated carbocycles. The Labute approximate surface area is 128 Å². The summed E-state index contributed by atoms with van der Waals surface area (Å²) >= 11 is 3.34. The van der Waals surface area contributed by atoms with Gasteiger partial charge in [-0.2, -0.15) is 0 Å². The van der Waals surface area contributed by atoms with Crippen LogP contribution < -0.4 is 0 Å². The van der Waals surface area contributed by atoms with Crippen molar-refractivity contribution in [3.63, 3.8) is 0 Å². The highest BCUT2D eigenvalue weighted by Gasteiger charge is 2.18. The molecule has 3 aromatic rings. The highest BCUT2D eigenvalue weighted by Crippen LogP contribution is 2.30. The Hall–Kier alpha value is -1.85. The Morgan fingerprint density at radius 1 is 1.00 bits per heavy atom. The first-order valence-electron chi connectivity index (χ1n) is 6.24. The number of hydrogen-bond acceptors (Lipinski definition) is 2. The van der Waals surface area contributed by atoms with E-state index in [-0.39, 0.29) is 5.56 Å². The number of nitrogens with zero attached hydrogens (tertiary/aromatic N) is 1. The second-order valence-electron chi connectivity index (χ2n) is 4.65. The molecule has 2 aromatic carbocycles. The van der Waals surface area contributed by atoms with Crippen LogP contribution in [-0.4, -0.2) is 10.1 Å². The second-order valence-corrected chi connectivity index (χ2v) is 5.51.